The van der Waals surface area contributed by atoms with Gasteiger partial charge in [-0.25, -0.2) is 4.98 Å². The maximum Gasteiger partial charge on any atom is 0.224 e. The summed E-state index contributed by atoms with van der Waals surface area (Å²) in [4.78, 5) is 15.8. The van der Waals surface area contributed by atoms with Crippen LogP contribution in [0.2, 0.25) is 5.02 Å². The number of halogens is 1. The molecular formula is C16H19ClN4O. The summed E-state index contributed by atoms with van der Waals surface area (Å²) in [7, 11) is 0. The maximum absolute atomic E-state index is 11.6. The molecule has 0 fully saturated rings. The fourth-order valence-corrected chi connectivity index (χ4v) is 2.09. The van der Waals surface area contributed by atoms with Crippen LogP contribution in [0.15, 0.2) is 42.6 Å². The number of rotatable bonds is 7. The smallest absolute Gasteiger partial charge is 0.224 e. The zero-order valence-corrected chi connectivity index (χ0v) is 12.9. The second kappa shape index (κ2) is 8.36. The summed E-state index contributed by atoms with van der Waals surface area (Å²) < 4.78 is 0. The molecule has 22 heavy (non-hydrogen) atoms. The van der Waals surface area contributed by atoms with Crippen molar-refractivity contribution in [1.82, 2.24) is 4.98 Å². The molecule has 0 spiro atoms. The van der Waals surface area contributed by atoms with E-state index in [9.17, 15) is 4.79 Å². The average Bonchev–Trinajstić information content (AvgIpc) is 2.53. The van der Waals surface area contributed by atoms with Gasteiger partial charge in [-0.2, -0.15) is 0 Å². The lowest BCUT2D eigenvalue weighted by atomic mass is 10.2. The van der Waals surface area contributed by atoms with Crippen LogP contribution in [-0.4, -0.2) is 17.4 Å². The first-order valence-electron chi connectivity index (χ1n) is 7.12. The predicted octanol–water partition coefficient (Wildman–Crippen LogP) is 3.02. The summed E-state index contributed by atoms with van der Waals surface area (Å²) in [5, 5.41) is 6.69. The molecule has 6 heteroatoms. The normalized spacial score (nSPS) is 10.3. The van der Waals surface area contributed by atoms with Crippen molar-refractivity contribution in [2.75, 3.05) is 17.2 Å². The molecule has 0 bridgehead atoms. The molecule has 0 radical (unpaired) electrons. The van der Waals surface area contributed by atoms with Crippen molar-refractivity contribution in [3.05, 3.63) is 53.2 Å². The van der Waals surface area contributed by atoms with Crippen LogP contribution in [-0.2, 0) is 11.3 Å². The first-order valence-corrected chi connectivity index (χ1v) is 7.50. The number of nitrogens with one attached hydrogen (secondary N) is 2. The van der Waals surface area contributed by atoms with E-state index in [2.05, 4.69) is 15.6 Å². The minimum Gasteiger partial charge on any atom is -0.366 e. The van der Waals surface area contributed by atoms with Crippen molar-refractivity contribution in [3.63, 3.8) is 0 Å². The lowest BCUT2D eigenvalue weighted by Crippen LogP contribution is -2.13. The molecular weight excluding hydrogens is 300 g/mol. The largest absolute Gasteiger partial charge is 0.366 e. The molecule has 1 aromatic heterocycles. The number of anilines is 2. The average molecular weight is 319 g/mol. The Morgan fingerprint density at radius 1 is 1.23 bits per heavy atom. The van der Waals surface area contributed by atoms with Gasteiger partial charge in [0.05, 0.1) is 11.9 Å². The van der Waals surface area contributed by atoms with Gasteiger partial charge in [0.1, 0.15) is 5.82 Å². The zero-order chi connectivity index (χ0) is 15.8. The summed E-state index contributed by atoms with van der Waals surface area (Å²) in [5.74, 6) is 0.670. The number of benzene rings is 1. The van der Waals surface area contributed by atoms with Gasteiger partial charge in [0.2, 0.25) is 5.91 Å². The van der Waals surface area contributed by atoms with Crippen molar-refractivity contribution >= 4 is 29.0 Å². The number of hydrogen-bond acceptors (Lipinski definition) is 4. The van der Waals surface area contributed by atoms with Crippen LogP contribution in [0.1, 0.15) is 18.4 Å². The number of amides is 1. The fourth-order valence-electron chi connectivity index (χ4n) is 1.89. The van der Waals surface area contributed by atoms with Crippen molar-refractivity contribution in [1.29, 1.82) is 0 Å². The molecule has 1 amide bonds. The minimum absolute atomic E-state index is 0.0518. The van der Waals surface area contributed by atoms with Crippen LogP contribution in [0.4, 0.5) is 11.5 Å². The van der Waals surface area contributed by atoms with E-state index in [0.29, 0.717) is 31.6 Å². The minimum atomic E-state index is -0.0518. The number of pyridine rings is 1. The van der Waals surface area contributed by atoms with Gasteiger partial charge in [0, 0.05) is 18.0 Å². The molecule has 0 aliphatic heterocycles. The highest BCUT2D eigenvalue weighted by atomic mass is 35.5. The molecule has 0 saturated heterocycles. The molecule has 0 aliphatic carbocycles. The van der Waals surface area contributed by atoms with Crippen molar-refractivity contribution in [3.8, 4) is 0 Å². The van der Waals surface area contributed by atoms with Crippen LogP contribution < -0.4 is 16.4 Å². The quantitative estimate of drug-likeness (QED) is 0.733. The van der Waals surface area contributed by atoms with Crippen LogP contribution in [0.25, 0.3) is 0 Å². The van der Waals surface area contributed by atoms with Crippen LogP contribution in [0, 0.1) is 0 Å². The first kappa shape index (κ1) is 16.3. The zero-order valence-electron chi connectivity index (χ0n) is 12.2. The maximum atomic E-state index is 11.6. The number of hydrogen-bond donors (Lipinski definition) is 3. The number of nitrogens with zero attached hydrogens (tertiary/aromatic N) is 1. The van der Waals surface area contributed by atoms with E-state index >= 15 is 0 Å². The van der Waals surface area contributed by atoms with Crippen molar-refractivity contribution in [2.24, 2.45) is 5.73 Å². The monoisotopic (exact) mass is 318 g/mol. The molecule has 2 rings (SSSR count). The Morgan fingerprint density at radius 2 is 2.05 bits per heavy atom. The van der Waals surface area contributed by atoms with E-state index in [1.54, 1.807) is 6.20 Å². The third kappa shape index (κ3) is 5.02. The second-order valence-electron chi connectivity index (χ2n) is 4.82. The van der Waals surface area contributed by atoms with Crippen molar-refractivity contribution in [2.45, 2.75) is 19.4 Å². The number of carbonyl (C=O) groups excluding carboxylic acids is 1. The van der Waals surface area contributed by atoms with E-state index in [-0.39, 0.29) is 5.91 Å². The topological polar surface area (TPSA) is 80.0 Å². The molecule has 0 unspecified atom stereocenters. The van der Waals surface area contributed by atoms with E-state index in [4.69, 9.17) is 17.3 Å². The number of aromatic nitrogens is 1. The van der Waals surface area contributed by atoms with E-state index < -0.39 is 0 Å². The summed E-state index contributed by atoms with van der Waals surface area (Å²) in [5.41, 5.74) is 7.05. The SMILES string of the molecule is NCCCC(=O)Nc1ccc(NCc2ccccc2Cl)nc1. The third-order valence-corrected chi connectivity index (χ3v) is 3.44. The van der Waals surface area contributed by atoms with Gasteiger partial charge in [-0.3, -0.25) is 4.79 Å². The summed E-state index contributed by atoms with van der Waals surface area (Å²) in [6.07, 6.45) is 2.72. The molecule has 1 aromatic carbocycles. The molecule has 2 aromatic rings. The summed E-state index contributed by atoms with van der Waals surface area (Å²) >= 11 is 6.10. The molecule has 5 nitrogen and oxygen atoms in total. The molecule has 116 valence electrons. The Hall–Kier alpha value is -2.11. The van der Waals surface area contributed by atoms with Crippen LogP contribution >= 0.6 is 11.6 Å². The highest BCUT2D eigenvalue weighted by Gasteiger charge is 2.03. The second-order valence-corrected chi connectivity index (χ2v) is 5.22. The Labute approximate surface area is 134 Å². The van der Waals surface area contributed by atoms with Crippen LogP contribution in [0.5, 0.6) is 0 Å². The lowest BCUT2D eigenvalue weighted by molar-refractivity contribution is -0.116. The van der Waals surface area contributed by atoms with Crippen LogP contribution in [0.3, 0.4) is 0 Å². The Bertz CT molecular complexity index is 616. The van der Waals surface area contributed by atoms with Gasteiger partial charge >= 0.3 is 0 Å². The third-order valence-electron chi connectivity index (χ3n) is 3.07. The first-order chi connectivity index (χ1) is 10.7. The highest BCUT2D eigenvalue weighted by molar-refractivity contribution is 6.31. The van der Waals surface area contributed by atoms with Gasteiger partial charge < -0.3 is 16.4 Å². The van der Waals surface area contributed by atoms with Gasteiger partial charge in [0.15, 0.2) is 0 Å². The van der Waals surface area contributed by atoms with Gasteiger partial charge in [0.25, 0.3) is 0 Å². The number of nitrogens with two attached hydrogens (primary N) is 1. The van der Waals surface area contributed by atoms with Gasteiger partial charge in [-0.05, 0) is 36.7 Å². The molecule has 0 atom stereocenters. The molecule has 0 aliphatic rings. The molecule has 0 saturated carbocycles. The Balaban J connectivity index is 1.87. The number of carbonyl (C=O) groups is 1. The molecule has 4 N–H and O–H groups in total. The summed E-state index contributed by atoms with van der Waals surface area (Å²) in [6.45, 7) is 1.10. The summed E-state index contributed by atoms with van der Waals surface area (Å²) in [6, 6.07) is 11.3. The Kier molecular flexibility index (Phi) is 6.18. The standard InChI is InChI=1S/C16H19ClN4O/c17-14-5-2-1-4-12(14)10-19-15-8-7-13(11-20-15)21-16(22)6-3-9-18/h1-2,4-5,7-8,11H,3,6,9-10,18H2,(H,19,20)(H,21,22). The van der Waals surface area contributed by atoms with E-state index in [1.165, 1.54) is 0 Å². The lowest BCUT2D eigenvalue weighted by Gasteiger charge is -2.08. The predicted molar refractivity (Wildman–Crippen MR) is 89.9 cm³/mol. The van der Waals surface area contributed by atoms with Crippen molar-refractivity contribution < 1.29 is 4.79 Å². The highest BCUT2D eigenvalue weighted by Crippen LogP contribution is 2.17. The van der Waals surface area contributed by atoms with E-state index in [0.717, 1.165) is 16.4 Å². The Morgan fingerprint density at radius 3 is 2.73 bits per heavy atom. The van der Waals surface area contributed by atoms with Gasteiger partial charge in [-0.1, -0.05) is 29.8 Å². The fraction of sp³-hybridized carbons (Fsp3) is 0.250. The molecule has 1 heterocycles. The van der Waals surface area contributed by atoms with Gasteiger partial charge in [-0.15, -0.1) is 0 Å². The van der Waals surface area contributed by atoms with E-state index in [1.807, 2.05) is 36.4 Å².